The Bertz CT molecular complexity index is 501. The van der Waals surface area contributed by atoms with Crippen LogP contribution in [0.4, 0.5) is 16.2 Å². The fourth-order valence-electron chi connectivity index (χ4n) is 1.19. The first-order valence-corrected chi connectivity index (χ1v) is 5.39. The summed E-state index contributed by atoms with van der Waals surface area (Å²) in [4.78, 5) is 34.0. The number of nitro benzene ring substituents is 1. The Kier molecular flexibility index (Phi) is 4.81. The summed E-state index contributed by atoms with van der Waals surface area (Å²) in [6.07, 6.45) is 0. The van der Waals surface area contributed by atoms with E-state index in [4.69, 9.17) is 0 Å². The Labute approximate surface area is 109 Å². The van der Waals surface area contributed by atoms with Crippen molar-refractivity contribution in [3.63, 3.8) is 0 Å². The second kappa shape index (κ2) is 6.34. The number of likely N-dealkylation sites (N-methyl/N-ethyl adjacent to an activating group) is 1. The van der Waals surface area contributed by atoms with E-state index in [9.17, 15) is 19.7 Å². The Balaban J connectivity index is 2.55. The normalized spacial score (nSPS) is 9.58. The van der Waals surface area contributed by atoms with Crippen LogP contribution < -0.4 is 10.6 Å². The molecule has 0 bridgehead atoms. The van der Waals surface area contributed by atoms with Crippen molar-refractivity contribution in [1.82, 2.24) is 10.2 Å². The van der Waals surface area contributed by atoms with Gasteiger partial charge in [-0.15, -0.1) is 0 Å². The number of urea groups is 1. The number of benzene rings is 1. The minimum Gasteiger partial charge on any atom is -0.347 e. The van der Waals surface area contributed by atoms with Crippen LogP contribution in [0.3, 0.4) is 0 Å². The van der Waals surface area contributed by atoms with E-state index in [1.807, 2.05) is 0 Å². The third-order valence-corrected chi connectivity index (χ3v) is 2.21. The second-order valence-electron chi connectivity index (χ2n) is 3.90. The van der Waals surface area contributed by atoms with Gasteiger partial charge < -0.3 is 15.5 Å². The average molecular weight is 266 g/mol. The van der Waals surface area contributed by atoms with Crippen LogP contribution in [0.2, 0.25) is 0 Å². The van der Waals surface area contributed by atoms with Gasteiger partial charge in [-0.1, -0.05) is 6.07 Å². The van der Waals surface area contributed by atoms with Crippen molar-refractivity contribution in [1.29, 1.82) is 0 Å². The van der Waals surface area contributed by atoms with Gasteiger partial charge in [0.25, 0.3) is 5.69 Å². The first-order chi connectivity index (χ1) is 8.90. The van der Waals surface area contributed by atoms with Gasteiger partial charge in [-0.25, -0.2) is 4.79 Å². The molecule has 0 radical (unpaired) electrons. The van der Waals surface area contributed by atoms with Gasteiger partial charge in [0.15, 0.2) is 0 Å². The van der Waals surface area contributed by atoms with Crippen molar-refractivity contribution in [3.05, 3.63) is 34.4 Å². The molecule has 0 unspecified atom stereocenters. The Morgan fingerprint density at radius 2 is 2.05 bits per heavy atom. The van der Waals surface area contributed by atoms with Crippen LogP contribution in [0.25, 0.3) is 0 Å². The van der Waals surface area contributed by atoms with Crippen LogP contribution in [-0.4, -0.2) is 42.4 Å². The number of nitrogens with one attached hydrogen (secondary N) is 2. The third-order valence-electron chi connectivity index (χ3n) is 2.21. The van der Waals surface area contributed by atoms with Crippen molar-refractivity contribution in [2.75, 3.05) is 26.0 Å². The van der Waals surface area contributed by atoms with E-state index >= 15 is 0 Å². The van der Waals surface area contributed by atoms with Gasteiger partial charge in [0, 0.05) is 31.9 Å². The van der Waals surface area contributed by atoms with Crippen LogP contribution in [0.15, 0.2) is 24.3 Å². The molecule has 2 N–H and O–H groups in total. The zero-order valence-corrected chi connectivity index (χ0v) is 10.5. The summed E-state index contributed by atoms with van der Waals surface area (Å²) in [6.45, 7) is -0.145. The maximum Gasteiger partial charge on any atom is 0.319 e. The molecule has 0 heterocycles. The zero-order valence-electron chi connectivity index (χ0n) is 10.5. The molecule has 0 aromatic heterocycles. The Hall–Kier alpha value is -2.64. The van der Waals surface area contributed by atoms with Gasteiger partial charge in [0.1, 0.15) is 0 Å². The lowest BCUT2D eigenvalue weighted by atomic mass is 10.3. The Morgan fingerprint density at radius 1 is 1.37 bits per heavy atom. The smallest absolute Gasteiger partial charge is 0.319 e. The minimum absolute atomic E-state index is 0.123. The largest absolute Gasteiger partial charge is 0.347 e. The summed E-state index contributed by atoms with van der Waals surface area (Å²) in [6, 6.07) is 4.92. The van der Waals surface area contributed by atoms with E-state index in [0.717, 1.165) is 0 Å². The fourth-order valence-corrected chi connectivity index (χ4v) is 1.19. The molecule has 0 aliphatic heterocycles. The standard InChI is InChI=1S/C11H14N4O4/c1-14(2)10(16)7-12-11(17)13-8-4-3-5-9(6-8)15(18)19/h3-6H,7H2,1-2H3,(H2,12,13,17). The first kappa shape index (κ1) is 14.4. The number of nitrogens with zero attached hydrogens (tertiary/aromatic N) is 2. The average Bonchev–Trinajstić information content (AvgIpc) is 2.36. The van der Waals surface area contributed by atoms with E-state index in [-0.39, 0.29) is 23.8 Å². The number of anilines is 1. The van der Waals surface area contributed by atoms with Crippen LogP contribution in [0.5, 0.6) is 0 Å². The minimum atomic E-state index is -0.601. The predicted octanol–water partition coefficient (Wildman–Crippen LogP) is 0.804. The summed E-state index contributed by atoms with van der Waals surface area (Å²) < 4.78 is 0. The number of amides is 3. The molecule has 1 aromatic carbocycles. The lowest BCUT2D eigenvalue weighted by Crippen LogP contribution is -2.38. The molecule has 0 spiro atoms. The third kappa shape index (κ3) is 4.62. The number of hydrogen-bond acceptors (Lipinski definition) is 4. The molecule has 8 nitrogen and oxygen atoms in total. The van der Waals surface area contributed by atoms with Gasteiger partial charge in [0.05, 0.1) is 11.5 Å². The lowest BCUT2D eigenvalue weighted by molar-refractivity contribution is -0.384. The molecule has 0 aliphatic carbocycles. The van der Waals surface area contributed by atoms with Crippen molar-refractivity contribution in [2.45, 2.75) is 0 Å². The van der Waals surface area contributed by atoms with E-state index in [0.29, 0.717) is 0 Å². The van der Waals surface area contributed by atoms with Gasteiger partial charge in [0.2, 0.25) is 5.91 Å². The van der Waals surface area contributed by atoms with Gasteiger partial charge >= 0.3 is 6.03 Å². The van der Waals surface area contributed by atoms with Crippen molar-refractivity contribution in [2.24, 2.45) is 0 Å². The molecular weight excluding hydrogens is 252 g/mol. The van der Waals surface area contributed by atoms with Crippen LogP contribution in [0.1, 0.15) is 0 Å². The maximum absolute atomic E-state index is 11.5. The molecule has 1 rings (SSSR count). The van der Waals surface area contributed by atoms with E-state index in [1.54, 1.807) is 14.1 Å². The zero-order chi connectivity index (χ0) is 14.4. The highest BCUT2D eigenvalue weighted by Crippen LogP contribution is 2.16. The molecule has 0 fully saturated rings. The highest BCUT2D eigenvalue weighted by molar-refractivity contribution is 5.92. The summed E-state index contributed by atoms with van der Waals surface area (Å²) in [7, 11) is 3.14. The van der Waals surface area contributed by atoms with Crippen molar-refractivity contribution < 1.29 is 14.5 Å². The molecule has 0 aliphatic rings. The highest BCUT2D eigenvalue weighted by Gasteiger charge is 2.09. The summed E-state index contributed by atoms with van der Waals surface area (Å²) in [5, 5.41) is 15.3. The monoisotopic (exact) mass is 266 g/mol. The van der Waals surface area contributed by atoms with Crippen LogP contribution in [-0.2, 0) is 4.79 Å². The van der Waals surface area contributed by atoms with Gasteiger partial charge in [-0.3, -0.25) is 14.9 Å². The van der Waals surface area contributed by atoms with E-state index < -0.39 is 11.0 Å². The lowest BCUT2D eigenvalue weighted by Gasteiger charge is -2.11. The quantitative estimate of drug-likeness (QED) is 0.621. The molecule has 1 aromatic rings. The summed E-state index contributed by atoms with van der Waals surface area (Å²) in [5.41, 5.74) is 0.158. The maximum atomic E-state index is 11.5. The molecule has 0 saturated heterocycles. The predicted molar refractivity (Wildman–Crippen MR) is 68.8 cm³/mol. The number of non-ortho nitro benzene ring substituents is 1. The van der Waals surface area contributed by atoms with Crippen molar-refractivity contribution >= 4 is 23.3 Å². The molecule has 3 amide bonds. The van der Waals surface area contributed by atoms with Crippen molar-refractivity contribution in [3.8, 4) is 0 Å². The van der Waals surface area contributed by atoms with Gasteiger partial charge in [-0.05, 0) is 6.07 Å². The SMILES string of the molecule is CN(C)C(=O)CNC(=O)Nc1cccc([N+](=O)[O-])c1. The fraction of sp³-hybridized carbons (Fsp3) is 0.273. The number of hydrogen-bond donors (Lipinski definition) is 2. The van der Waals surface area contributed by atoms with E-state index in [2.05, 4.69) is 10.6 Å². The number of carbonyl (C=O) groups is 2. The first-order valence-electron chi connectivity index (χ1n) is 5.39. The number of nitro groups is 1. The highest BCUT2D eigenvalue weighted by atomic mass is 16.6. The molecule has 8 heteroatoms. The molecule has 102 valence electrons. The molecule has 0 saturated carbocycles. The Morgan fingerprint density at radius 3 is 2.63 bits per heavy atom. The van der Waals surface area contributed by atoms with Crippen LogP contribution >= 0.6 is 0 Å². The second-order valence-corrected chi connectivity index (χ2v) is 3.90. The molecular formula is C11H14N4O4. The molecule has 19 heavy (non-hydrogen) atoms. The van der Waals surface area contributed by atoms with Gasteiger partial charge in [-0.2, -0.15) is 0 Å². The summed E-state index contributed by atoms with van der Waals surface area (Å²) >= 11 is 0. The number of carbonyl (C=O) groups excluding carboxylic acids is 2. The number of rotatable bonds is 4. The summed E-state index contributed by atoms with van der Waals surface area (Å²) in [5.74, 6) is -0.255. The van der Waals surface area contributed by atoms with E-state index in [1.165, 1.54) is 29.2 Å². The molecule has 0 atom stereocenters. The topological polar surface area (TPSA) is 105 Å². The van der Waals surface area contributed by atoms with Crippen LogP contribution in [0, 0.1) is 10.1 Å².